The second kappa shape index (κ2) is 6.41. The molecule has 3 rings (SSSR count). The first kappa shape index (κ1) is 14.3. The third-order valence-corrected chi connectivity index (χ3v) is 4.27. The second-order valence-corrected chi connectivity index (χ2v) is 5.80. The Morgan fingerprint density at radius 2 is 2.00 bits per heavy atom. The van der Waals surface area contributed by atoms with Gasteiger partial charge in [-0.3, -0.25) is 4.79 Å². The van der Waals surface area contributed by atoms with Gasteiger partial charge in [0.15, 0.2) is 0 Å². The lowest BCUT2D eigenvalue weighted by atomic mass is 9.91. The number of rotatable bonds is 3. The van der Waals surface area contributed by atoms with Gasteiger partial charge in [0.2, 0.25) is 5.91 Å². The molecular formula is C15H22N4O2. The molecular weight excluding hydrogens is 268 g/mol. The van der Waals surface area contributed by atoms with E-state index in [1.54, 1.807) is 0 Å². The van der Waals surface area contributed by atoms with Crippen LogP contribution in [-0.4, -0.2) is 41.4 Å². The molecule has 2 atom stereocenters. The fraction of sp³-hybridized carbons (Fsp3) is 0.600. The molecule has 1 aromatic heterocycles. The lowest BCUT2D eigenvalue weighted by Crippen LogP contribution is -2.49. The molecule has 0 saturated carbocycles. The fourth-order valence-corrected chi connectivity index (χ4v) is 3.00. The molecule has 1 aromatic rings. The molecule has 6 heteroatoms. The highest BCUT2D eigenvalue weighted by atomic mass is 16.3. The normalized spacial score (nSPS) is 27.2. The van der Waals surface area contributed by atoms with Crippen LogP contribution in [0.2, 0.25) is 0 Å². The van der Waals surface area contributed by atoms with Gasteiger partial charge in [-0.05, 0) is 56.3 Å². The summed E-state index contributed by atoms with van der Waals surface area (Å²) in [5, 5.41) is 18.4. The topological polar surface area (TPSA) is 86.3 Å². The first-order valence-corrected chi connectivity index (χ1v) is 7.64. The fourth-order valence-electron chi connectivity index (χ4n) is 3.00. The molecule has 4 N–H and O–H groups in total. The van der Waals surface area contributed by atoms with Gasteiger partial charge >= 0.3 is 0 Å². The molecule has 0 radical (unpaired) electrons. The zero-order chi connectivity index (χ0) is 14.7. The van der Waals surface area contributed by atoms with Gasteiger partial charge in [0, 0.05) is 6.20 Å². The van der Waals surface area contributed by atoms with Crippen LogP contribution >= 0.6 is 0 Å². The first-order valence-electron chi connectivity index (χ1n) is 7.64. The van der Waals surface area contributed by atoms with Crippen molar-refractivity contribution in [3.05, 3.63) is 23.9 Å². The number of aliphatic hydroxyl groups is 1. The molecule has 0 aromatic carbocycles. The van der Waals surface area contributed by atoms with Crippen LogP contribution in [0.5, 0.6) is 0 Å². The van der Waals surface area contributed by atoms with E-state index < -0.39 is 6.23 Å². The number of amides is 1. The molecule has 2 fully saturated rings. The second-order valence-electron chi connectivity index (χ2n) is 5.80. The van der Waals surface area contributed by atoms with Crippen molar-refractivity contribution in [1.82, 2.24) is 15.6 Å². The Morgan fingerprint density at radius 1 is 1.19 bits per heavy atom. The Balaban J connectivity index is 1.60. The van der Waals surface area contributed by atoms with Gasteiger partial charge in [-0.25, -0.2) is 4.98 Å². The summed E-state index contributed by atoms with van der Waals surface area (Å²) in [5.41, 5.74) is 1.27. The molecule has 2 saturated heterocycles. The number of nitrogens with zero attached hydrogens (tertiary/aromatic N) is 1. The standard InChI is InChI=1S/C15H22N4O2/c20-14-4-2-12(15(21)19-14)18-13-3-1-11(9-17-13)10-5-7-16-8-6-10/h1,3,9-10,12,14,16,20H,2,4-8H2,(H,17,18)(H,19,21). The minimum absolute atomic E-state index is 0.169. The van der Waals surface area contributed by atoms with Crippen molar-refractivity contribution < 1.29 is 9.90 Å². The molecule has 2 aliphatic heterocycles. The minimum Gasteiger partial charge on any atom is -0.374 e. The van der Waals surface area contributed by atoms with E-state index in [0.29, 0.717) is 24.6 Å². The van der Waals surface area contributed by atoms with Crippen LogP contribution in [0.15, 0.2) is 18.3 Å². The summed E-state index contributed by atoms with van der Waals surface area (Å²) in [6, 6.07) is 3.72. The van der Waals surface area contributed by atoms with E-state index in [9.17, 15) is 9.90 Å². The molecule has 2 unspecified atom stereocenters. The van der Waals surface area contributed by atoms with Crippen LogP contribution < -0.4 is 16.0 Å². The molecule has 0 bridgehead atoms. The number of pyridine rings is 1. The first-order chi connectivity index (χ1) is 10.2. The van der Waals surface area contributed by atoms with Crippen LogP contribution in [0.3, 0.4) is 0 Å². The maximum Gasteiger partial charge on any atom is 0.244 e. The van der Waals surface area contributed by atoms with Gasteiger partial charge < -0.3 is 21.1 Å². The van der Waals surface area contributed by atoms with Gasteiger partial charge in [-0.1, -0.05) is 6.07 Å². The summed E-state index contributed by atoms with van der Waals surface area (Å²) < 4.78 is 0. The van der Waals surface area contributed by atoms with Crippen LogP contribution in [0.25, 0.3) is 0 Å². The van der Waals surface area contributed by atoms with Gasteiger partial charge in [0.25, 0.3) is 0 Å². The lowest BCUT2D eigenvalue weighted by Gasteiger charge is -2.27. The summed E-state index contributed by atoms with van der Waals surface area (Å²) in [4.78, 5) is 16.2. The van der Waals surface area contributed by atoms with Crippen molar-refractivity contribution in [2.45, 2.75) is 43.9 Å². The number of aliphatic hydroxyl groups excluding tert-OH is 1. The average Bonchev–Trinajstić information content (AvgIpc) is 2.52. The van der Waals surface area contributed by atoms with Crippen molar-refractivity contribution in [2.75, 3.05) is 18.4 Å². The largest absolute Gasteiger partial charge is 0.374 e. The van der Waals surface area contributed by atoms with E-state index in [4.69, 9.17) is 0 Å². The van der Waals surface area contributed by atoms with Gasteiger partial charge in [0.1, 0.15) is 18.1 Å². The number of aromatic nitrogens is 1. The summed E-state index contributed by atoms with van der Waals surface area (Å²) in [7, 11) is 0. The zero-order valence-corrected chi connectivity index (χ0v) is 12.0. The zero-order valence-electron chi connectivity index (χ0n) is 12.0. The van der Waals surface area contributed by atoms with E-state index in [2.05, 4.69) is 27.0 Å². The van der Waals surface area contributed by atoms with E-state index in [1.165, 1.54) is 5.56 Å². The smallest absolute Gasteiger partial charge is 0.244 e. The highest BCUT2D eigenvalue weighted by Crippen LogP contribution is 2.25. The SMILES string of the molecule is O=C1NC(O)CCC1Nc1ccc(C2CCNCC2)cn1. The monoisotopic (exact) mass is 290 g/mol. The van der Waals surface area contributed by atoms with Crippen LogP contribution in [-0.2, 0) is 4.79 Å². The van der Waals surface area contributed by atoms with Crippen LogP contribution in [0.4, 0.5) is 5.82 Å². The van der Waals surface area contributed by atoms with Gasteiger partial charge in [-0.2, -0.15) is 0 Å². The Morgan fingerprint density at radius 3 is 2.67 bits per heavy atom. The van der Waals surface area contributed by atoms with Crippen LogP contribution in [0.1, 0.15) is 37.2 Å². The molecule has 2 aliphatic rings. The predicted octanol–water partition coefficient (Wildman–Crippen LogP) is 0.557. The summed E-state index contributed by atoms with van der Waals surface area (Å²) in [6.45, 7) is 2.13. The summed E-state index contributed by atoms with van der Waals surface area (Å²) in [5.74, 6) is 1.13. The Kier molecular flexibility index (Phi) is 4.36. The van der Waals surface area contributed by atoms with Crippen molar-refractivity contribution in [1.29, 1.82) is 0 Å². The molecule has 21 heavy (non-hydrogen) atoms. The quantitative estimate of drug-likeness (QED) is 0.653. The number of piperidine rings is 2. The number of hydrogen-bond donors (Lipinski definition) is 4. The van der Waals surface area contributed by atoms with E-state index in [1.807, 2.05) is 12.3 Å². The maximum absolute atomic E-state index is 11.8. The molecule has 0 aliphatic carbocycles. The van der Waals surface area contributed by atoms with E-state index >= 15 is 0 Å². The minimum atomic E-state index is -0.717. The van der Waals surface area contributed by atoms with Crippen molar-refractivity contribution >= 4 is 11.7 Å². The summed E-state index contributed by atoms with van der Waals surface area (Å²) in [6.07, 6.45) is 4.68. The van der Waals surface area contributed by atoms with E-state index in [0.717, 1.165) is 25.9 Å². The number of hydrogen-bond acceptors (Lipinski definition) is 5. The maximum atomic E-state index is 11.8. The Bertz CT molecular complexity index is 485. The molecule has 0 spiro atoms. The van der Waals surface area contributed by atoms with Gasteiger partial charge in [0.05, 0.1) is 0 Å². The van der Waals surface area contributed by atoms with Crippen molar-refractivity contribution in [3.63, 3.8) is 0 Å². The van der Waals surface area contributed by atoms with Gasteiger partial charge in [-0.15, -0.1) is 0 Å². The number of carbonyl (C=O) groups is 1. The number of carbonyl (C=O) groups excluding carboxylic acids is 1. The molecule has 114 valence electrons. The highest BCUT2D eigenvalue weighted by Gasteiger charge is 2.26. The third-order valence-electron chi connectivity index (χ3n) is 4.27. The lowest BCUT2D eigenvalue weighted by molar-refractivity contribution is -0.127. The summed E-state index contributed by atoms with van der Waals surface area (Å²) >= 11 is 0. The molecule has 6 nitrogen and oxygen atoms in total. The Labute approximate surface area is 124 Å². The predicted molar refractivity (Wildman–Crippen MR) is 79.9 cm³/mol. The molecule has 1 amide bonds. The number of nitrogens with one attached hydrogen (secondary N) is 3. The third kappa shape index (κ3) is 3.51. The van der Waals surface area contributed by atoms with E-state index in [-0.39, 0.29) is 11.9 Å². The van der Waals surface area contributed by atoms with Crippen molar-refractivity contribution in [2.24, 2.45) is 0 Å². The van der Waals surface area contributed by atoms with Crippen LogP contribution in [0, 0.1) is 0 Å². The Hall–Kier alpha value is -1.66. The average molecular weight is 290 g/mol. The highest BCUT2D eigenvalue weighted by molar-refractivity contribution is 5.85. The molecule has 3 heterocycles. The van der Waals surface area contributed by atoms with Crippen molar-refractivity contribution in [3.8, 4) is 0 Å². The number of anilines is 1.